The summed E-state index contributed by atoms with van der Waals surface area (Å²) in [6.07, 6.45) is -1.25. The van der Waals surface area contributed by atoms with E-state index < -0.39 is 12.2 Å². The lowest BCUT2D eigenvalue weighted by Gasteiger charge is -2.28. The van der Waals surface area contributed by atoms with E-state index in [1.54, 1.807) is 84.9 Å². The molecular weight excluding hydrogens is 502 g/mol. The second-order valence-electron chi connectivity index (χ2n) is 7.41. The van der Waals surface area contributed by atoms with Crippen LogP contribution in [0.4, 0.5) is 0 Å². The van der Waals surface area contributed by atoms with Crippen molar-refractivity contribution in [3.05, 3.63) is 127 Å². The Morgan fingerprint density at radius 1 is 0.515 bits per heavy atom. The van der Waals surface area contributed by atoms with Crippen molar-refractivity contribution >= 4 is 46.4 Å². The van der Waals surface area contributed by atoms with Gasteiger partial charge >= 0.3 is 0 Å². The Balaban J connectivity index is 1.86. The molecule has 0 heterocycles. The summed E-state index contributed by atoms with van der Waals surface area (Å²) in [5, 5.41) is 21.5. The highest BCUT2D eigenvalue weighted by Gasteiger charge is 2.26. The first kappa shape index (κ1) is 23.7. The third-order valence-electron chi connectivity index (χ3n) is 5.15. The van der Waals surface area contributed by atoms with Crippen LogP contribution in [0.3, 0.4) is 0 Å². The van der Waals surface area contributed by atoms with E-state index in [0.29, 0.717) is 31.2 Å². The van der Waals surface area contributed by atoms with Gasteiger partial charge < -0.3 is 14.9 Å². The number of rotatable bonds is 6. The molecule has 2 N–H and O–H groups in total. The van der Waals surface area contributed by atoms with Gasteiger partial charge in [0.25, 0.3) is 0 Å². The van der Waals surface area contributed by atoms with Crippen LogP contribution < -0.4 is 0 Å². The maximum Gasteiger partial charge on any atom is 0.115 e. The van der Waals surface area contributed by atoms with E-state index in [4.69, 9.17) is 51.1 Å². The van der Waals surface area contributed by atoms with Crippen LogP contribution in [-0.4, -0.2) is 10.2 Å². The molecule has 168 valence electrons. The molecule has 0 amide bonds. The summed E-state index contributed by atoms with van der Waals surface area (Å²) in [5.74, 6) is 0.270. The van der Waals surface area contributed by atoms with Crippen LogP contribution in [0, 0.1) is 0 Å². The van der Waals surface area contributed by atoms with E-state index in [1.165, 1.54) is 0 Å². The van der Waals surface area contributed by atoms with Gasteiger partial charge in [-0.3, -0.25) is 0 Å². The van der Waals surface area contributed by atoms with Crippen LogP contribution in [0.5, 0.6) is 11.5 Å². The van der Waals surface area contributed by atoms with Gasteiger partial charge in [0.1, 0.15) is 23.7 Å². The van der Waals surface area contributed by atoms with Gasteiger partial charge in [-0.1, -0.05) is 82.8 Å². The molecule has 0 aliphatic rings. The Labute approximate surface area is 211 Å². The van der Waals surface area contributed by atoms with Crippen molar-refractivity contribution < 1.29 is 14.9 Å². The van der Waals surface area contributed by atoms with Crippen molar-refractivity contribution in [1.82, 2.24) is 0 Å². The maximum absolute atomic E-state index is 9.79. The molecule has 0 aromatic heterocycles. The molecular formula is C26H18Cl4O3. The summed E-state index contributed by atoms with van der Waals surface area (Å²) in [4.78, 5) is 0. The monoisotopic (exact) mass is 518 g/mol. The van der Waals surface area contributed by atoms with Crippen molar-refractivity contribution in [2.24, 2.45) is 0 Å². The van der Waals surface area contributed by atoms with Crippen molar-refractivity contribution in [3.8, 4) is 11.5 Å². The molecule has 33 heavy (non-hydrogen) atoms. The zero-order chi connectivity index (χ0) is 23.5. The van der Waals surface area contributed by atoms with Crippen molar-refractivity contribution in [3.63, 3.8) is 0 Å². The zero-order valence-corrected chi connectivity index (χ0v) is 20.1. The lowest BCUT2D eigenvalue weighted by molar-refractivity contribution is 0.0309. The predicted octanol–water partition coefficient (Wildman–Crippen LogP) is 8.61. The molecule has 0 saturated carbocycles. The van der Waals surface area contributed by atoms with Gasteiger partial charge in [0.2, 0.25) is 0 Å². The molecule has 7 heteroatoms. The first-order valence-electron chi connectivity index (χ1n) is 9.95. The van der Waals surface area contributed by atoms with Crippen molar-refractivity contribution in [2.75, 3.05) is 0 Å². The van der Waals surface area contributed by atoms with Crippen LogP contribution in [0.15, 0.2) is 84.9 Å². The second-order valence-corrected chi connectivity index (χ2v) is 9.10. The van der Waals surface area contributed by atoms with Crippen LogP contribution >= 0.6 is 46.4 Å². The van der Waals surface area contributed by atoms with Crippen LogP contribution in [-0.2, 0) is 4.74 Å². The van der Waals surface area contributed by atoms with E-state index in [2.05, 4.69) is 0 Å². The molecule has 0 bridgehead atoms. The summed E-state index contributed by atoms with van der Waals surface area (Å²) in [7, 11) is 0. The Kier molecular flexibility index (Phi) is 7.38. The quantitative estimate of drug-likeness (QED) is 0.268. The maximum atomic E-state index is 9.79. The lowest BCUT2D eigenvalue weighted by atomic mass is 9.97. The third-order valence-corrected chi connectivity index (χ3v) is 6.28. The van der Waals surface area contributed by atoms with Gasteiger partial charge in [-0.2, -0.15) is 0 Å². The zero-order valence-electron chi connectivity index (χ0n) is 17.1. The van der Waals surface area contributed by atoms with Gasteiger partial charge in [0.05, 0.1) is 0 Å². The molecule has 2 atom stereocenters. The lowest BCUT2D eigenvalue weighted by Crippen LogP contribution is -2.14. The number of phenols is 2. The summed E-state index contributed by atoms with van der Waals surface area (Å²) in [6, 6.07) is 23.8. The summed E-state index contributed by atoms with van der Waals surface area (Å²) in [5.41, 5.74) is 2.93. The molecule has 0 aliphatic heterocycles. The average molecular weight is 520 g/mol. The van der Waals surface area contributed by atoms with E-state index in [9.17, 15) is 10.2 Å². The molecule has 0 saturated heterocycles. The number of benzene rings is 4. The first-order chi connectivity index (χ1) is 15.8. The molecule has 3 nitrogen and oxygen atoms in total. The molecule has 0 spiro atoms. The molecule has 2 unspecified atom stereocenters. The minimum absolute atomic E-state index is 0.135. The number of hydrogen-bond donors (Lipinski definition) is 2. The normalized spacial score (nSPS) is 13.0. The number of hydrogen-bond acceptors (Lipinski definition) is 3. The molecule has 4 aromatic carbocycles. The average Bonchev–Trinajstić information content (AvgIpc) is 2.78. The van der Waals surface area contributed by atoms with Gasteiger partial charge in [0, 0.05) is 31.2 Å². The van der Waals surface area contributed by atoms with Gasteiger partial charge in [-0.05, 0) is 59.7 Å². The smallest absolute Gasteiger partial charge is 0.115 e. The number of halogens is 4. The second kappa shape index (κ2) is 10.3. The standard InChI is InChI=1S/C26H18Cl4O3/c27-17-5-11-21(23(29)13-17)25(15-1-7-19(31)8-2-15)33-26(16-3-9-20(32)10-4-16)22-12-6-18(28)14-24(22)30/h1-14,25-26,31-32H. The van der Waals surface area contributed by atoms with E-state index in [1.807, 2.05) is 0 Å². The van der Waals surface area contributed by atoms with Crippen LogP contribution in [0.1, 0.15) is 34.5 Å². The highest BCUT2D eigenvalue weighted by atomic mass is 35.5. The fraction of sp³-hybridized carbons (Fsp3) is 0.0769. The Morgan fingerprint density at radius 2 is 0.879 bits per heavy atom. The molecule has 4 aromatic rings. The third kappa shape index (κ3) is 5.57. The largest absolute Gasteiger partial charge is 0.508 e. The Hall–Kier alpha value is -2.40. The van der Waals surface area contributed by atoms with Crippen molar-refractivity contribution in [1.29, 1.82) is 0 Å². The highest BCUT2D eigenvalue weighted by molar-refractivity contribution is 6.35. The Bertz CT molecular complexity index is 1160. The highest BCUT2D eigenvalue weighted by Crippen LogP contribution is 2.41. The predicted molar refractivity (Wildman–Crippen MR) is 134 cm³/mol. The first-order valence-corrected chi connectivity index (χ1v) is 11.5. The summed E-state index contributed by atoms with van der Waals surface area (Å²) >= 11 is 25.4. The fourth-order valence-electron chi connectivity index (χ4n) is 3.53. The van der Waals surface area contributed by atoms with E-state index in [-0.39, 0.29) is 11.5 Å². The Morgan fingerprint density at radius 3 is 1.21 bits per heavy atom. The minimum atomic E-state index is -0.624. The summed E-state index contributed by atoms with van der Waals surface area (Å²) in [6.45, 7) is 0. The summed E-state index contributed by atoms with van der Waals surface area (Å²) < 4.78 is 6.70. The minimum Gasteiger partial charge on any atom is -0.508 e. The van der Waals surface area contributed by atoms with Crippen molar-refractivity contribution in [2.45, 2.75) is 12.2 Å². The van der Waals surface area contributed by atoms with Gasteiger partial charge in [-0.25, -0.2) is 0 Å². The topological polar surface area (TPSA) is 49.7 Å². The van der Waals surface area contributed by atoms with Gasteiger partial charge in [0.15, 0.2) is 0 Å². The molecule has 0 aliphatic carbocycles. The number of phenolic OH excluding ortho intramolecular Hbond substituents is 2. The van der Waals surface area contributed by atoms with E-state index >= 15 is 0 Å². The fourth-order valence-corrected chi connectivity index (χ4v) is 4.54. The molecule has 0 fully saturated rings. The molecule has 4 rings (SSSR count). The van der Waals surface area contributed by atoms with Gasteiger partial charge in [-0.15, -0.1) is 0 Å². The van der Waals surface area contributed by atoms with E-state index in [0.717, 1.165) is 11.1 Å². The molecule has 0 radical (unpaired) electrons. The van der Waals surface area contributed by atoms with Crippen LogP contribution in [0.2, 0.25) is 20.1 Å². The number of aromatic hydroxyl groups is 2. The number of ether oxygens (including phenoxy) is 1. The SMILES string of the molecule is Oc1ccc(C(OC(c2ccc(O)cc2)c2ccc(Cl)cc2Cl)c2ccc(Cl)cc2Cl)cc1. The van der Waals surface area contributed by atoms with Crippen LogP contribution in [0.25, 0.3) is 0 Å².